The highest BCUT2D eigenvalue weighted by Crippen LogP contribution is 2.28. The van der Waals surface area contributed by atoms with Crippen LogP contribution in [-0.2, 0) is 4.79 Å². The monoisotopic (exact) mass is 309 g/mol. The number of hydrogen-bond donors (Lipinski definition) is 1. The van der Waals surface area contributed by atoms with Crippen LogP contribution in [0, 0.1) is 0 Å². The molecular weight excluding hydrogens is 291 g/mol. The van der Waals surface area contributed by atoms with E-state index in [4.69, 9.17) is 5.11 Å². The van der Waals surface area contributed by atoms with Crippen molar-refractivity contribution in [1.29, 1.82) is 0 Å². The maximum absolute atomic E-state index is 12.3. The van der Waals surface area contributed by atoms with Crippen LogP contribution in [0.1, 0.15) is 12.8 Å². The van der Waals surface area contributed by atoms with Crippen LogP contribution in [0.3, 0.4) is 0 Å². The Bertz CT molecular complexity index is 404. The van der Waals surface area contributed by atoms with Crippen molar-refractivity contribution in [3.8, 4) is 0 Å². The lowest BCUT2D eigenvalue weighted by atomic mass is 10.3. The molecule has 6 nitrogen and oxygen atoms in total. The van der Waals surface area contributed by atoms with Gasteiger partial charge in [0.05, 0.1) is 6.54 Å². The number of urea groups is 1. The third kappa shape index (κ3) is 4.76. The van der Waals surface area contributed by atoms with Crippen molar-refractivity contribution in [2.45, 2.75) is 25.1 Å². The van der Waals surface area contributed by atoms with E-state index in [-0.39, 0.29) is 44.8 Å². The minimum absolute atomic E-state index is 0.0400. The molecule has 0 spiro atoms. The number of carbonyl (C=O) groups is 2. The number of halogens is 3. The topological polar surface area (TPSA) is 64.1 Å². The van der Waals surface area contributed by atoms with E-state index in [0.717, 1.165) is 12.8 Å². The summed E-state index contributed by atoms with van der Waals surface area (Å²) in [6.07, 6.45) is -2.67. The van der Waals surface area contributed by atoms with Gasteiger partial charge in [-0.3, -0.25) is 9.69 Å². The molecule has 0 aromatic carbocycles. The van der Waals surface area contributed by atoms with Crippen LogP contribution >= 0.6 is 0 Å². The Hall–Kier alpha value is -1.51. The molecule has 0 aromatic rings. The standard InChI is InChI=1S/C12H18F3N3O3/c13-12(14,15)8-16-3-5-17(6-4-16)11(21)18(7-10(19)20)9-1-2-9/h9H,1-8H2,(H,19,20). The molecule has 9 heteroatoms. The Morgan fingerprint density at radius 1 is 1.14 bits per heavy atom. The van der Waals surface area contributed by atoms with Gasteiger partial charge in [0.2, 0.25) is 0 Å². The Kier molecular flexibility index (Phi) is 4.60. The van der Waals surface area contributed by atoms with Gasteiger partial charge in [0.25, 0.3) is 0 Å². The smallest absolute Gasteiger partial charge is 0.401 e. The fourth-order valence-corrected chi connectivity index (χ4v) is 2.42. The molecule has 0 aromatic heterocycles. The molecule has 1 N–H and O–H groups in total. The number of amides is 2. The molecule has 0 atom stereocenters. The summed E-state index contributed by atoms with van der Waals surface area (Å²) in [6.45, 7) is -0.647. The van der Waals surface area contributed by atoms with E-state index in [9.17, 15) is 22.8 Å². The molecule has 0 radical (unpaired) electrons. The van der Waals surface area contributed by atoms with Gasteiger partial charge in [-0.25, -0.2) is 4.79 Å². The fourth-order valence-electron chi connectivity index (χ4n) is 2.42. The molecule has 2 amide bonds. The zero-order chi connectivity index (χ0) is 15.6. The molecule has 1 aliphatic heterocycles. The summed E-state index contributed by atoms with van der Waals surface area (Å²) < 4.78 is 36.9. The Morgan fingerprint density at radius 3 is 2.14 bits per heavy atom. The first-order valence-electron chi connectivity index (χ1n) is 6.83. The Labute approximate surface area is 120 Å². The van der Waals surface area contributed by atoms with Gasteiger partial charge < -0.3 is 14.9 Å². The van der Waals surface area contributed by atoms with Gasteiger partial charge in [0.15, 0.2) is 0 Å². The summed E-state index contributed by atoms with van der Waals surface area (Å²) in [5.41, 5.74) is 0. The van der Waals surface area contributed by atoms with Gasteiger partial charge in [-0.1, -0.05) is 0 Å². The average molecular weight is 309 g/mol. The van der Waals surface area contributed by atoms with Crippen LogP contribution < -0.4 is 0 Å². The maximum atomic E-state index is 12.3. The van der Waals surface area contributed by atoms with Crippen LogP contribution in [0.15, 0.2) is 0 Å². The van der Waals surface area contributed by atoms with E-state index < -0.39 is 18.7 Å². The highest BCUT2D eigenvalue weighted by Gasteiger charge is 2.38. The molecule has 0 bridgehead atoms. The number of rotatable bonds is 4. The van der Waals surface area contributed by atoms with Crippen LogP contribution in [0.2, 0.25) is 0 Å². The highest BCUT2D eigenvalue weighted by molar-refractivity contribution is 5.80. The number of nitrogens with zero attached hydrogens (tertiary/aromatic N) is 3. The first kappa shape index (κ1) is 15.9. The summed E-state index contributed by atoms with van der Waals surface area (Å²) in [7, 11) is 0. The van der Waals surface area contributed by atoms with E-state index in [0.29, 0.717) is 0 Å². The molecular formula is C12H18F3N3O3. The normalized spacial score (nSPS) is 20.4. The molecule has 2 fully saturated rings. The van der Waals surface area contributed by atoms with Gasteiger partial charge in [0, 0.05) is 32.2 Å². The molecule has 120 valence electrons. The van der Waals surface area contributed by atoms with Crippen molar-refractivity contribution in [1.82, 2.24) is 14.7 Å². The van der Waals surface area contributed by atoms with Gasteiger partial charge in [-0.05, 0) is 12.8 Å². The van der Waals surface area contributed by atoms with Crippen molar-refractivity contribution >= 4 is 12.0 Å². The summed E-state index contributed by atoms with van der Waals surface area (Å²) in [6, 6.07) is -0.423. The molecule has 1 saturated heterocycles. The molecule has 2 aliphatic rings. The van der Waals surface area contributed by atoms with Crippen molar-refractivity contribution in [2.75, 3.05) is 39.3 Å². The van der Waals surface area contributed by atoms with Crippen LogP contribution in [0.5, 0.6) is 0 Å². The van der Waals surface area contributed by atoms with Gasteiger partial charge in [-0.2, -0.15) is 13.2 Å². The summed E-state index contributed by atoms with van der Waals surface area (Å²) in [5.74, 6) is -1.08. The molecule has 1 heterocycles. The first-order valence-corrected chi connectivity index (χ1v) is 6.83. The molecule has 0 unspecified atom stereocenters. The number of carboxylic acids is 1. The second kappa shape index (κ2) is 6.08. The lowest BCUT2D eigenvalue weighted by molar-refractivity contribution is -0.148. The van der Waals surface area contributed by atoms with Crippen LogP contribution in [0.4, 0.5) is 18.0 Å². The number of carboxylic acid groups (broad SMARTS) is 1. The highest BCUT2D eigenvalue weighted by atomic mass is 19.4. The number of alkyl halides is 3. The zero-order valence-corrected chi connectivity index (χ0v) is 11.5. The molecule has 1 saturated carbocycles. The number of hydrogen-bond acceptors (Lipinski definition) is 3. The number of carbonyl (C=O) groups excluding carboxylic acids is 1. The molecule has 2 rings (SSSR count). The SMILES string of the molecule is O=C(O)CN(C(=O)N1CCN(CC(F)(F)F)CC1)C1CC1. The largest absolute Gasteiger partial charge is 0.480 e. The fraction of sp³-hybridized carbons (Fsp3) is 0.833. The average Bonchev–Trinajstić information content (AvgIpc) is 3.18. The van der Waals surface area contributed by atoms with Gasteiger partial charge in [0.1, 0.15) is 6.54 Å². The quantitative estimate of drug-likeness (QED) is 0.836. The zero-order valence-electron chi connectivity index (χ0n) is 11.5. The lowest BCUT2D eigenvalue weighted by Gasteiger charge is -2.37. The second-order valence-corrected chi connectivity index (χ2v) is 5.41. The lowest BCUT2D eigenvalue weighted by Crippen LogP contribution is -2.55. The molecule has 1 aliphatic carbocycles. The Balaban J connectivity index is 1.85. The van der Waals surface area contributed by atoms with E-state index in [1.165, 1.54) is 14.7 Å². The second-order valence-electron chi connectivity index (χ2n) is 5.41. The summed E-state index contributed by atoms with van der Waals surface area (Å²) in [5, 5.41) is 8.83. The Morgan fingerprint density at radius 2 is 1.71 bits per heavy atom. The summed E-state index contributed by atoms with van der Waals surface area (Å²) >= 11 is 0. The van der Waals surface area contributed by atoms with E-state index in [1.807, 2.05) is 0 Å². The number of aliphatic carboxylic acids is 1. The first-order chi connectivity index (χ1) is 9.76. The third-order valence-corrected chi connectivity index (χ3v) is 3.58. The van der Waals surface area contributed by atoms with Crippen molar-refractivity contribution in [3.05, 3.63) is 0 Å². The predicted molar refractivity (Wildman–Crippen MR) is 66.8 cm³/mol. The van der Waals surface area contributed by atoms with Crippen LogP contribution in [-0.4, -0.2) is 83.3 Å². The van der Waals surface area contributed by atoms with E-state index >= 15 is 0 Å². The maximum Gasteiger partial charge on any atom is 0.401 e. The van der Waals surface area contributed by atoms with Gasteiger partial charge in [-0.15, -0.1) is 0 Å². The van der Waals surface area contributed by atoms with Crippen molar-refractivity contribution in [2.24, 2.45) is 0 Å². The van der Waals surface area contributed by atoms with E-state index in [1.54, 1.807) is 0 Å². The predicted octanol–water partition coefficient (Wildman–Crippen LogP) is 0.835. The summed E-state index contributed by atoms with van der Waals surface area (Å²) in [4.78, 5) is 27.0. The van der Waals surface area contributed by atoms with Crippen molar-refractivity contribution in [3.63, 3.8) is 0 Å². The minimum Gasteiger partial charge on any atom is -0.480 e. The van der Waals surface area contributed by atoms with Crippen LogP contribution in [0.25, 0.3) is 0 Å². The third-order valence-electron chi connectivity index (χ3n) is 3.58. The molecule has 21 heavy (non-hydrogen) atoms. The van der Waals surface area contributed by atoms with E-state index in [2.05, 4.69) is 0 Å². The minimum atomic E-state index is -4.24. The number of piperazine rings is 1. The van der Waals surface area contributed by atoms with Gasteiger partial charge >= 0.3 is 18.2 Å². The van der Waals surface area contributed by atoms with Crippen molar-refractivity contribution < 1.29 is 27.9 Å².